The van der Waals surface area contributed by atoms with E-state index >= 15 is 0 Å². The van der Waals surface area contributed by atoms with Gasteiger partial charge in [0.1, 0.15) is 12.4 Å². The first-order valence-electron chi connectivity index (χ1n) is 9.12. The van der Waals surface area contributed by atoms with Crippen LogP contribution in [0.1, 0.15) is 39.4 Å². The number of benzene rings is 2. The number of thiophene rings is 1. The number of Topliss-reactive ketones (excluding diaryl/α,β-unsaturated/α-hetero) is 1. The Morgan fingerprint density at radius 1 is 1.14 bits per heavy atom. The van der Waals surface area contributed by atoms with Gasteiger partial charge in [-0.3, -0.25) is 9.35 Å². The van der Waals surface area contributed by atoms with Crippen LogP contribution in [0.25, 0.3) is 0 Å². The van der Waals surface area contributed by atoms with E-state index in [0.717, 1.165) is 16.7 Å². The van der Waals surface area contributed by atoms with Crippen molar-refractivity contribution in [3.8, 4) is 5.75 Å². The summed E-state index contributed by atoms with van der Waals surface area (Å²) >= 11 is 1.59. The van der Waals surface area contributed by atoms with Gasteiger partial charge in [0.2, 0.25) is 0 Å². The summed E-state index contributed by atoms with van der Waals surface area (Å²) in [7, 11) is -4.17. The van der Waals surface area contributed by atoms with E-state index in [1.807, 2.05) is 48.0 Å². The van der Waals surface area contributed by atoms with Crippen molar-refractivity contribution in [3.05, 3.63) is 87.6 Å². The molecule has 29 heavy (non-hydrogen) atoms. The number of ketones is 1. The van der Waals surface area contributed by atoms with Crippen molar-refractivity contribution >= 4 is 27.2 Å². The maximum Gasteiger partial charge on any atom is 0.264 e. The predicted molar refractivity (Wildman–Crippen MR) is 114 cm³/mol. The lowest BCUT2D eigenvalue weighted by Gasteiger charge is -2.18. The number of aryl methyl sites for hydroxylation is 1. The van der Waals surface area contributed by atoms with Gasteiger partial charge in [0.15, 0.2) is 5.78 Å². The van der Waals surface area contributed by atoms with Gasteiger partial charge in [0.25, 0.3) is 10.1 Å². The van der Waals surface area contributed by atoms with Gasteiger partial charge in [-0.2, -0.15) is 19.8 Å². The molecule has 7 heteroatoms. The Morgan fingerprint density at radius 2 is 1.93 bits per heavy atom. The average Bonchev–Trinajstić information content (AvgIpc) is 3.21. The van der Waals surface area contributed by atoms with E-state index < -0.39 is 21.8 Å². The fourth-order valence-electron chi connectivity index (χ4n) is 3.15. The fraction of sp³-hybridized carbons (Fsp3) is 0.227. The molecule has 1 heterocycles. The van der Waals surface area contributed by atoms with Crippen LogP contribution >= 0.6 is 11.3 Å². The van der Waals surface area contributed by atoms with E-state index in [2.05, 4.69) is 0 Å². The second kappa shape index (κ2) is 9.35. The van der Waals surface area contributed by atoms with Gasteiger partial charge in [-0.15, -0.1) is 0 Å². The summed E-state index contributed by atoms with van der Waals surface area (Å²) in [6.07, 6.45) is 0.00249. The van der Waals surface area contributed by atoms with Gasteiger partial charge >= 0.3 is 0 Å². The highest BCUT2D eigenvalue weighted by Crippen LogP contribution is 2.29. The van der Waals surface area contributed by atoms with Crippen LogP contribution in [-0.4, -0.2) is 24.5 Å². The lowest BCUT2D eigenvalue weighted by atomic mass is 9.86. The maximum atomic E-state index is 13.3. The number of rotatable bonds is 9. The Morgan fingerprint density at radius 3 is 2.62 bits per heavy atom. The molecule has 152 valence electrons. The molecule has 1 aromatic heterocycles. The molecular weight excluding hydrogens is 408 g/mol. The monoisotopic (exact) mass is 430 g/mol. The number of carbonyl (C=O) groups excluding carboxylic acids is 1. The SMILES string of the molecule is Cc1ccccc1[C@H](CCS(=O)(=O)O)C(=O)c1cccc(OCc2ccsc2)c1. The fourth-order valence-corrected chi connectivity index (χ4v) is 4.34. The van der Waals surface area contributed by atoms with Gasteiger partial charge < -0.3 is 4.74 Å². The number of ether oxygens (including phenoxy) is 1. The number of hydrogen-bond acceptors (Lipinski definition) is 5. The van der Waals surface area contributed by atoms with Crippen molar-refractivity contribution in [1.29, 1.82) is 0 Å². The molecule has 1 atom stereocenters. The van der Waals surface area contributed by atoms with Gasteiger partial charge in [-0.1, -0.05) is 36.4 Å². The number of carbonyl (C=O) groups is 1. The van der Waals surface area contributed by atoms with Crippen LogP contribution in [0.3, 0.4) is 0 Å². The van der Waals surface area contributed by atoms with Crippen molar-refractivity contribution in [2.45, 2.75) is 25.9 Å². The molecule has 0 aliphatic carbocycles. The molecule has 0 amide bonds. The van der Waals surface area contributed by atoms with Crippen LogP contribution in [0.15, 0.2) is 65.4 Å². The van der Waals surface area contributed by atoms with E-state index in [4.69, 9.17) is 4.74 Å². The molecule has 5 nitrogen and oxygen atoms in total. The van der Waals surface area contributed by atoms with Gasteiger partial charge in [-0.05, 0) is 59.0 Å². The summed E-state index contributed by atoms with van der Waals surface area (Å²) < 4.78 is 37.5. The zero-order valence-corrected chi connectivity index (χ0v) is 17.6. The molecule has 0 aliphatic heterocycles. The first-order chi connectivity index (χ1) is 13.8. The summed E-state index contributed by atoms with van der Waals surface area (Å²) in [5.41, 5.74) is 3.14. The van der Waals surface area contributed by atoms with Crippen LogP contribution < -0.4 is 4.74 Å². The Kier molecular flexibility index (Phi) is 6.84. The molecule has 0 saturated heterocycles. The molecule has 0 spiro atoms. The quantitative estimate of drug-likeness (QED) is 0.387. The van der Waals surface area contributed by atoms with Crippen molar-refractivity contribution in [2.24, 2.45) is 0 Å². The van der Waals surface area contributed by atoms with Crippen LogP contribution in [0.4, 0.5) is 0 Å². The van der Waals surface area contributed by atoms with Crippen LogP contribution in [-0.2, 0) is 16.7 Å². The lowest BCUT2D eigenvalue weighted by Crippen LogP contribution is -2.18. The lowest BCUT2D eigenvalue weighted by molar-refractivity contribution is 0.0957. The van der Waals surface area contributed by atoms with Crippen molar-refractivity contribution in [1.82, 2.24) is 0 Å². The van der Waals surface area contributed by atoms with E-state index in [-0.39, 0.29) is 12.2 Å². The Hall–Kier alpha value is -2.48. The Balaban J connectivity index is 1.85. The standard InChI is InChI=1S/C22H22O5S2/c1-16-5-2-3-8-20(16)21(10-12-29(24,25)26)22(23)18-6-4-7-19(13-18)27-14-17-9-11-28-15-17/h2-9,11,13,15,21H,10,12,14H2,1H3,(H,24,25,26)/t21-/m0/s1. The molecule has 2 aromatic carbocycles. The smallest absolute Gasteiger partial charge is 0.264 e. The molecule has 3 aromatic rings. The summed E-state index contributed by atoms with van der Waals surface area (Å²) in [5.74, 6) is -0.791. The summed E-state index contributed by atoms with van der Waals surface area (Å²) in [5, 5.41) is 3.97. The second-order valence-corrected chi connectivity index (χ2v) is 9.15. The molecule has 0 fully saturated rings. The van der Waals surface area contributed by atoms with E-state index in [1.54, 1.807) is 35.6 Å². The Bertz CT molecular complexity index is 1070. The molecule has 0 radical (unpaired) electrons. The maximum absolute atomic E-state index is 13.3. The van der Waals surface area contributed by atoms with Crippen LogP contribution in [0, 0.1) is 6.92 Å². The topological polar surface area (TPSA) is 80.7 Å². The third-order valence-electron chi connectivity index (χ3n) is 4.65. The summed E-state index contributed by atoms with van der Waals surface area (Å²) in [6, 6.07) is 16.2. The molecule has 0 aliphatic rings. The van der Waals surface area contributed by atoms with E-state index in [1.165, 1.54) is 0 Å². The van der Waals surface area contributed by atoms with Gasteiger partial charge in [0, 0.05) is 11.5 Å². The van der Waals surface area contributed by atoms with Crippen LogP contribution in [0.5, 0.6) is 5.75 Å². The number of hydrogen-bond donors (Lipinski definition) is 1. The molecule has 3 rings (SSSR count). The first-order valence-corrected chi connectivity index (χ1v) is 11.7. The molecular formula is C22H22O5S2. The van der Waals surface area contributed by atoms with Gasteiger partial charge in [-0.25, -0.2) is 0 Å². The molecule has 0 saturated carbocycles. The summed E-state index contributed by atoms with van der Waals surface area (Å²) in [4.78, 5) is 13.3. The van der Waals surface area contributed by atoms with Crippen molar-refractivity contribution in [3.63, 3.8) is 0 Å². The zero-order valence-electron chi connectivity index (χ0n) is 15.9. The zero-order chi connectivity index (χ0) is 20.9. The highest BCUT2D eigenvalue weighted by atomic mass is 32.2. The second-order valence-electron chi connectivity index (χ2n) is 6.80. The molecule has 0 unspecified atom stereocenters. The summed E-state index contributed by atoms with van der Waals surface area (Å²) in [6.45, 7) is 2.29. The average molecular weight is 431 g/mol. The normalized spacial score (nSPS) is 12.5. The predicted octanol–water partition coefficient (Wildman–Crippen LogP) is 4.88. The van der Waals surface area contributed by atoms with Crippen molar-refractivity contribution < 1.29 is 22.5 Å². The minimum absolute atomic E-state index is 0.00249. The third kappa shape index (κ3) is 6.00. The first kappa shape index (κ1) is 21.2. The molecule has 1 N–H and O–H groups in total. The van der Waals surface area contributed by atoms with Gasteiger partial charge in [0.05, 0.1) is 5.75 Å². The highest BCUT2D eigenvalue weighted by molar-refractivity contribution is 7.85. The largest absolute Gasteiger partial charge is 0.489 e. The van der Waals surface area contributed by atoms with E-state index in [0.29, 0.717) is 17.9 Å². The minimum Gasteiger partial charge on any atom is -0.489 e. The highest BCUT2D eigenvalue weighted by Gasteiger charge is 2.25. The van der Waals surface area contributed by atoms with E-state index in [9.17, 15) is 17.8 Å². The molecule has 0 bridgehead atoms. The van der Waals surface area contributed by atoms with Crippen molar-refractivity contribution in [2.75, 3.05) is 5.75 Å². The Labute approximate surface area is 174 Å². The minimum atomic E-state index is -4.17. The third-order valence-corrected chi connectivity index (χ3v) is 6.13. The van der Waals surface area contributed by atoms with Crippen LogP contribution in [0.2, 0.25) is 0 Å².